The number of carboxylic acids is 1. The van der Waals surface area contributed by atoms with Gasteiger partial charge in [-0.3, -0.25) is 9.00 Å². The molecule has 88 valence electrons. The fourth-order valence-electron chi connectivity index (χ4n) is 1.23. The Balaban J connectivity index is 2.99. The van der Waals surface area contributed by atoms with E-state index in [1.807, 2.05) is 0 Å². The van der Waals surface area contributed by atoms with E-state index < -0.39 is 22.0 Å². The van der Waals surface area contributed by atoms with Crippen LogP contribution in [-0.2, 0) is 15.6 Å². The van der Waals surface area contributed by atoms with Gasteiger partial charge in [0.25, 0.3) is 0 Å². The van der Waals surface area contributed by atoms with Gasteiger partial charge in [-0.25, -0.2) is 0 Å². The van der Waals surface area contributed by atoms with Crippen LogP contribution in [0.4, 0.5) is 0 Å². The molecule has 0 fully saturated rings. The van der Waals surface area contributed by atoms with E-state index in [1.165, 1.54) is 0 Å². The summed E-state index contributed by atoms with van der Waals surface area (Å²) in [6, 6.07) is 6.50. The molecule has 6 heteroatoms. The highest BCUT2D eigenvalue weighted by Crippen LogP contribution is 2.22. The van der Waals surface area contributed by atoms with Gasteiger partial charge in [0.1, 0.15) is 5.25 Å². The van der Waals surface area contributed by atoms with E-state index in [9.17, 15) is 9.00 Å². The van der Waals surface area contributed by atoms with Crippen LogP contribution in [-0.4, -0.2) is 27.1 Å². The molecule has 4 nitrogen and oxygen atoms in total. The maximum absolute atomic E-state index is 12.0. The number of benzene rings is 1. The van der Waals surface area contributed by atoms with E-state index in [0.29, 0.717) is 9.92 Å². The molecule has 1 rings (SSSR count). The molecule has 2 atom stereocenters. The number of hydrogen-bond donors (Lipinski definition) is 2. The van der Waals surface area contributed by atoms with Crippen LogP contribution >= 0.6 is 11.6 Å². The fourth-order valence-corrected chi connectivity index (χ4v) is 2.91. The van der Waals surface area contributed by atoms with Crippen LogP contribution in [0.1, 0.15) is 6.42 Å². The third-order valence-corrected chi connectivity index (χ3v) is 4.20. The van der Waals surface area contributed by atoms with E-state index in [1.54, 1.807) is 24.3 Å². The molecule has 0 saturated heterocycles. The summed E-state index contributed by atoms with van der Waals surface area (Å²) in [6.45, 7) is 0.174. The van der Waals surface area contributed by atoms with Crippen LogP contribution in [0.25, 0.3) is 0 Å². The maximum atomic E-state index is 12.0. The number of nitrogens with two attached hydrogens (primary N) is 1. The van der Waals surface area contributed by atoms with Crippen molar-refractivity contribution < 1.29 is 14.1 Å². The molecule has 1 aromatic rings. The van der Waals surface area contributed by atoms with Gasteiger partial charge in [0.15, 0.2) is 0 Å². The van der Waals surface area contributed by atoms with Crippen LogP contribution in [0.5, 0.6) is 0 Å². The second-order valence-corrected chi connectivity index (χ2v) is 5.14. The lowest BCUT2D eigenvalue weighted by molar-refractivity contribution is -0.136. The zero-order valence-corrected chi connectivity index (χ0v) is 10.0. The summed E-state index contributed by atoms with van der Waals surface area (Å²) in [5.41, 5.74) is 5.29. The van der Waals surface area contributed by atoms with Crippen LogP contribution < -0.4 is 5.73 Å². The molecule has 0 saturated carbocycles. The standard InChI is InChI=1S/C10H12ClNO3S/c11-7-3-1-2-4-8(7)16(15)9(5-6-12)10(13)14/h1-4,9H,5-6,12H2,(H,13,14). The van der Waals surface area contributed by atoms with Gasteiger partial charge in [0.05, 0.1) is 20.7 Å². The van der Waals surface area contributed by atoms with Crippen molar-refractivity contribution >= 4 is 28.4 Å². The molecule has 0 amide bonds. The van der Waals surface area contributed by atoms with Gasteiger partial charge in [-0.05, 0) is 25.1 Å². The predicted octanol–water partition coefficient (Wildman–Crippen LogP) is 1.25. The zero-order valence-electron chi connectivity index (χ0n) is 8.43. The highest BCUT2D eigenvalue weighted by molar-refractivity contribution is 7.86. The molecule has 2 unspecified atom stereocenters. The number of aliphatic carboxylic acids is 1. The summed E-state index contributed by atoms with van der Waals surface area (Å²) in [5.74, 6) is -1.12. The van der Waals surface area contributed by atoms with E-state index in [-0.39, 0.29) is 13.0 Å². The average molecular weight is 262 g/mol. The SMILES string of the molecule is NCCC(C(=O)O)S(=O)c1ccccc1Cl. The molecule has 0 aliphatic heterocycles. The molecule has 16 heavy (non-hydrogen) atoms. The minimum atomic E-state index is -1.67. The number of rotatable bonds is 5. The first-order valence-corrected chi connectivity index (χ1v) is 6.25. The summed E-state index contributed by atoms with van der Waals surface area (Å²) in [7, 11) is -1.67. The largest absolute Gasteiger partial charge is 0.480 e. The van der Waals surface area contributed by atoms with Gasteiger partial charge in [-0.15, -0.1) is 0 Å². The van der Waals surface area contributed by atoms with Gasteiger partial charge >= 0.3 is 5.97 Å². The Hall–Kier alpha value is -0.910. The minimum absolute atomic E-state index is 0.160. The Morgan fingerprint density at radius 1 is 1.50 bits per heavy atom. The summed E-state index contributed by atoms with van der Waals surface area (Å²) in [4.78, 5) is 11.3. The Kier molecular flexibility index (Phi) is 4.92. The smallest absolute Gasteiger partial charge is 0.319 e. The number of carbonyl (C=O) groups is 1. The topological polar surface area (TPSA) is 80.4 Å². The summed E-state index contributed by atoms with van der Waals surface area (Å²) >= 11 is 5.85. The van der Waals surface area contributed by atoms with Gasteiger partial charge < -0.3 is 10.8 Å². The third kappa shape index (κ3) is 3.04. The first kappa shape index (κ1) is 13.2. The van der Waals surface area contributed by atoms with Crippen molar-refractivity contribution in [3.8, 4) is 0 Å². The Morgan fingerprint density at radius 2 is 2.12 bits per heavy atom. The van der Waals surface area contributed by atoms with Gasteiger partial charge in [-0.1, -0.05) is 23.7 Å². The summed E-state index contributed by atoms with van der Waals surface area (Å²) < 4.78 is 12.0. The lowest BCUT2D eigenvalue weighted by Gasteiger charge is -2.11. The van der Waals surface area contributed by atoms with Gasteiger partial charge in [0, 0.05) is 0 Å². The normalized spacial score (nSPS) is 14.4. The Bertz CT molecular complexity index is 411. The van der Waals surface area contributed by atoms with E-state index in [2.05, 4.69) is 0 Å². The lowest BCUT2D eigenvalue weighted by Crippen LogP contribution is -2.28. The predicted molar refractivity (Wildman–Crippen MR) is 63.0 cm³/mol. The maximum Gasteiger partial charge on any atom is 0.319 e. The van der Waals surface area contributed by atoms with Gasteiger partial charge in [-0.2, -0.15) is 0 Å². The highest BCUT2D eigenvalue weighted by Gasteiger charge is 2.26. The van der Waals surface area contributed by atoms with Crippen molar-refractivity contribution in [3.05, 3.63) is 29.3 Å². The third-order valence-electron chi connectivity index (χ3n) is 2.02. The van der Waals surface area contributed by atoms with Crippen LogP contribution in [0.15, 0.2) is 29.2 Å². The first-order valence-electron chi connectivity index (χ1n) is 4.66. The van der Waals surface area contributed by atoms with Crippen LogP contribution in [0, 0.1) is 0 Å². The lowest BCUT2D eigenvalue weighted by atomic mass is 10.3. The van der Waals surface area contributed by atoms with Crippen molar-refractivity contribution in [2.24, 2.45) is 5.73 Å². The molecule has 0 heterocycles. The Morgan fingerprint density at radius 3 is 2.62 bits per heavy atom. The quantitative estimate of drug-likeness (QED) is 0.836. The van der Waals surface area contributed by atoms with Crippen molar-refractivity contribution in [1.29, 1.82) is 0 Å². The highest BCUT2D eigenvalue weighted by atomic mass is 35.5. The molecule has 0 spiro atoms. The molecular formula is C10H12ClNO3S. The minimum Gasteiger partial charge on any atom is -0.480 e. The van der Waals surface area contributed by atoms with E-state index in [4.69, 9.17) is 22.4 Å². The second kappa shape index (κ2) is 5.98. The molecule has 0 radical (unpaired) electrons. The molecule has 3 N–H and O–H groups in total. The molecule has 0 aromatic heterocycles. The number of carboxylic acid groups (broad SMARTS) is 1. The van der Waals surface area contributed by atoms with Crippen molar-refractivity contribution in [1.82, 2.24) is 0 Å². The summed E-state index contributed by atoms with van der Waals surface area (Å²) in [5, 5.41) is 8.24. The van der Waals surface area contributed by atoms with Crippen LogP contribution in [0.3, 0.4) is 0 Å². The average Bonchev–Trinajstić information content (AvgIpc) is 2.25. The van der Waals surface area contributed by atoms with Crippen molar-refractivity contribution in [2.75, 3.05) is 6.54 Å². The molecule has 0 bridgehead atoms. The Labute approximate surface area is 101 Å². The van der Waals surface area contributed by atoms with E-state index >= 15 is 0 Å². The second-order valence-electron chi connectivity index (χ2n) is 3.13. The molecular weight excluding hydrogens is 250 g/mol. The fraction of sp³-hybridized carbons (Fsp3) is 0.300. The summed E-state index contributed by atoms with van der Waals surface area (Å²) in [6.07, 6.45) is 0.160. The van der Waals surface area contributed by atoms with Crippen molar-refractivity contribution in [3.63, 3.8) is 0 Å². The zero-order chi connectivity index (χ0) is 12.1. The number of hydrogen-bond acceptors (Lipinski definition) is 3. The van der Waals surface area contributed by atoms with Crippen molar-refractivity contribution in [2.45, 2.75) is 16.6 Å². The van der Waals surface area contributed by atoms with Crippen LogP contribution in [0.2, 0.25) is 5.02 Å². The van der Waals surface area contributed by atoms with E-state index in [0.717, 1.165) is 0 Å². The molecule has 0 aliphatic carbocycles. The monoisotopic (exact) mass is 261 g/mol. The van der Waals surface area contributed by atoms with Gasteiger partial charge in [0.2, 0.25) is 0 Å². The first-order chi connectivity index (χ1) is 7.57. The molecule has 0 aliphatic rings. The molecule has 1 aromatic carbocycles. The number of halogens is 1.